The molecule has 1 aromatic carbocycles. The first-order valence-electron chi connectivity index (χ1n) is 9.32. The number of nitrogens with one attached hydrogen (secondary N) is 2. The first kappa shape index (κ1) is 17.3. The average molecular weight is 329 g/mol. The van der Waals surface area contributed by atoms with Crippen LogP contribution in [0.1, 0.15) is 43.2 Å². The molecule has 0 unspecified atom stereocenters. The van der Waals surface area contributed by atoms with Crippen molar-refractivity contribution in [3.63, 3.8) is 0 Å². The summed E-state index contributed by atoms with van der Waals surface area (Å²) in [7, 11) is 1.84. The topological polar surface area (TPSA) is 45.7 Å². The van der Waals surface area contributed by atoms with Gasteiger partial charge in [-0.3, -0.25) is 4.99 Å². The minimum atomic E-state index is 0.302. The molecule has 1 aromatic rings. The lowest BCUT2D eigenvalue weighted by Crippen LogP contribution is -2.41. The van der Waals surface area contributed by atoms with Crippen LogP contribution in [0.15, 0.2) is 29.3 Å². The summed E-state index contributed by atoms with van der Waals surface area (Å²) in [5.74, 6) is 1.75. The molecule has 0 aromatic heterocycles. The Bertz CT molecular complexity index is 562. The second-order valence-electron chi connectivity index (χ2n) is 7.32. The molecule has 0 bridgehead atoms. The molecule has 0 amide bonds. The van der Waals surface area contributed by atoms with Gasteiger partial charge in [0.1, 0.15) is 0 Å². The highest BCUT2D eigenvalue weighted by Gasteiger charge is 2.44. The van der Waals surface area contributed by atoms with Crippen molar-refractivity contribution in [2.75, 3.05) is 33.4 Å². The van der Waals surface area contributed by atoms with Crippen LogP contribution in [-0.4, -0.2) is 39.3 Å². The lowest BCUT2D eigenvalue weighted by Gasteiger charge is -2.20. The smallest absolute Gasteiger partial charge is 0.191 e. The van der Waals surface area contributed by atoms with Gasteiger partial charge in [0, 0.05) is 38.8 Å². The van der Waals surface area contributed by atoms with Gasteiger partial charge in [-0.1, -0.05) is 24.3 Å². The Kier molecular flexibility index (Phi) is 5.77. The third-order valence-electron chi connectivity index (χ3n) is 5.20. The summed E-state index contributed by atoms with van der Waals surface area (Å²) in [6, 6.07) is 8.76. The summed E-state index contributed by atoms with van der Waals surface area (Å²) in [5.41, 5.74) is 3.19. The number of benzene rings is 1. The van der Waals surface area contributed by atoms with Crippen molar-refractivity contribution in [2.45, 2.75) is 44.4 Å². The molecule has 0 atom stereocenters. The van der Waals surface area contributed by atoms with Gasteiger partial charge in [0.2, 0.25) is 0 Å². The highest BCUT2D eigenvalue weighted by Crippen LogP contribution is 2.48. The normalized spacial score (nSPS) is 19.2. The lowest BCUT2D eigenvalue weighted by atomic mass is 9.92. The third-order valence-corrected chi connectivity index (χ3v) is 5.20. The van der Waals surface area contributed by atoms with Crippen LogP contribution in [0.25, 0.3) is 0 Å². The van der Waals surface area contributed by atoms with E-state index in [-0.39, 0.29) is 0 Å². The van der Waals surface area contributed by atoms with E-state index >= 15 is 0 Å². The SMILES string of the molecule is CN=C(NCCCOCC1CC1)NCC1(c2ccccc2C)CC1. The number of aryl methyl sites for hydroxylation is 1. The van der Waals surface area contributed by atoms with Crippen molar-refractivity contribution in [3.05, 3.63) is 35.4 Å². The molecule has 132 valence electrons. The minimum Gasteiger partial charge on any atom is -0.381 e. The Morgan fingerprint density at radius 1 is 1.25 bits per heavy atom. The fourth-order valence-corrected chi connectivity index (χ4v) is 3.25. The predicted molar refractivity (Wildman–Crippen MR) is 99.6 cm³/mol. The van der Waals surface area contributed by atoms with Crippen molar-refractivity contribution in [1.82, 2.24) is 10.6 Å². The summed E-state index contributed by atoms with van der Waals surface area (Å²) in [4.78, 5) is 4.34. The lowest BCUT2D eigenvalue weighted by molar-refractivity contribution is 0.123. The Balaban J connectivity index is 1.37. The zero-order chi connectivity index (χ0) is 16.8. The summed E-state index contributed by atoms with van der Waals surface area (Å²) in [5, 5.41) is 6.91. The molecule has 0 aliphatic heterocycles. The Morgan fingerprint density at radius 3 is 2.71 bits per heavy atom. The molecule has 2 aliphatic carbocycles. The molecule has 2 saturated carbocycles. The zero-order valence-corrected chi connectivity index (χ0v) is 15.1. The monoisotopic (exact) mass is 329 g/mol. The van der Waals surface area contributed by atoms with Gasteiger partial charge in [-0.2, -0.15) is 0 Å². The van der Waals surface area contributed by atoms with Gasteiger partial charge in [-0.15, -0.1) is 0 Å². The van der Waals surface area contributed by atoms with Gasteiger partial charge < -0.3 is 15.4 Å². The second-order valence-corrected chi connectivity index (χ2v) is 7.32. The molecule has 0 radical (unpaired) electrons. The maximum atomic E-state index is 5.67. The molecular formula is C20H31N3O. The fraction of sp³-hybridized carbons (Fsp3) is 0.650. The van der Waals surface area contributed by atoms with E-state index in [1.165, 1.54) is 36.8 Å². The molecule has 2 fully saturated rings. The van der Waals surface area contributed by atoms with Gasteiger partial charge in [0.25, 0.3) is 0 Å². The number of rotatable bonds is 9. The van der Waals surface area contributed by atoms with E-state index in [1.807, 2.05) is 7.05 Å². The predicted octanol–water partition coefficient (Wildman–Crippen LogP) is 3.01. The summed E-state index contributed by atoms with van der Waals surface area (Å²) < 4.78 is 5.67. The minimum absolute atomic E-state index is 0.302. The fourth-order valence-electron chi connectivity index (χ4n) is 3.25. The molecule has 4 nitrogen and oxygen atoms in total. The van der Waals surface area contributed by atoms with E-state index in [0.29, 0.717) is 5.41 Å². The van der Waals surface area contributed by atoms with Crippen molar-refractivity contribution in [1.29, 1.82) is 0 Å². The molecule has 2 N–H and O–H groups in total. The van der Waals surface area contributed by atoms with Crippen LogP contribution in [0.3, 0.4) is 0 Å². The standard InChI is InChI=1S/C20H31N3O/c1-16-6-3-4-7-18(16)20(10-11-20)15-23-19(21-2)22-12-5-13-24-14-17-8-9-17/h3-4,6-7,17H,5,8-15H2,1-2H3,(H2,21,22,23). The van der Waals surface area contributed by atoms with Gasteiger partial charge in [0.05, 0.1) is 0 Å². The number of guanidine groups is 1. The molecule has 4 heteroatoms. The summed E-state index contributed by atoms with van der Waals surface area (Å²) in [6.07, 6.45) is 6.26. The summed E-state index contributed by atoms with van der Waals surface area (Å²) >= 11 is 0. The molecule has 2 aliphatic rings. The molecule has 0 saturated heterocycles. The van der Waals surface area contributed by atoms with Crippen molar-refractivity contribution in [3.8, 4) is 0 Å². The number of ether oxygens (including phenoxy) is 1. The third kappa shape index (κ3) is 4.73. The maximum absolute atomic E-state index is 5.67. The maximum Gasteiger partial charge on any atom is 0.191 e. The van der Waals surface area contributed by atoms with Crippen LogP contribution in [0.4, 0.5) is 0 Å². The number of hydrogen-bond donors (Lipinski definition) is 2. The highest BCUT2D eigenvalue weighted by atomic mass is 16.5. The van der Waals surface area contributed by atoms with Gasteiger partial charge in [-0.25, -0.2) is 0 Å². The van der Waals surface area contributed by atoms with E-state index < -0.39 is 0 Å². The van der Waals surface area contributed by atoms with Crippen molar-refractivity contribution in [2.24, 2.45) is 10.9 Å². The Morgan fingerprint density at radius 2 is 2.04 bits per heavy atom. The number of hydrogen-bond acceptors (Lipinski definition) is 2. The van der Waals surface area contributed by atoms with Crippen LogP contribution < -0.4 is 10.6 Å². The van der Waals surface area contributed by atoms with Gasteiger partial charge >= 0.3 is 0 Å². The van der Waals surface area contributed by atoms with Gasteiger partial charge in [0.15, 0.2) is 5.96 Å². The van der Waals surface area contributed by atoms with E-state index in [0.717, 1.165) is 44.6 Å². The second kappa shape index (κ2) is 8.02. The molecule has 0 heterocycles. The van der Waals surface area contributed by atoms with Crippen molar-refractivity contribution < 1.29 is 4.74 Å². The number of aliphatic imine (C=N–C) groups is 1. The molecule has 0 spiro atoms. The van der Waals surface area contributed by atoms with Crippen LogP contribution in [-0.2, 0) is 10.2 Å². The number of nitrogens with zero attached hydrogens (tertiary/aromatic N) is 1. The zero-order valence-electron chi connectivity index (χ0n) is 15.1. The Labute approximate surface area is 146 Å². The van der Waals surface area contributed by atoms with E-state index in [2.05, 4.69) is 46.8 Å². The first-order chi connectivity index (χ1) is 11.7. The van der Waals surface area contributed by atoms with Crippen LogP contribution >= 0.6 is 0 Å². The summed E-state index contributed by atoms with van der Waals surface area (Å²) in [6.45, 7) is 5.86. The molecule has 3 rings (SSSR count). The van der Waals surface area contributed by atoms with Crippen molar-refractivity contribution >= 4 is 5.96 Å². The quantitative estimate of drug-likeness (QED) is 0.416. The Hall–Kier alpha value is -1.55. The first-order valence-corrected chi connectivity index (χ1v) is 9.32. The van der Waals surface area contributed by atoms with E-state index in [9.17, 15) is 0 Å². The highest BCUT2D eigenvalue weighted by molar-refractivity contribution is 5.79. The van der Waals surface area contributed by atoms with E-state index in [1.54, 1.807) is 0 Å². The molecule has 24 heavy (non-hydrogen) atoms. The average Bonchev–Trinajstić information content (AvgIpc) is 3.50. The van der Waals surface area contributed by atoms with Crippen LogP contribution in [0, 0.1) is 12.8 Å². The van der Waals surface area contributed by atoms with Crippen LogP contribution in [0.5, 0.6) is 0 Å². The van der Waals surface area contributed by atoms with E-state index in [4.69, 9.17) is 4.74 Å². The van der Waals surface area contributed by atoms with Gasteiger partial charge in [-0.05, 0) is 56.1 Å². The molecular weight excluding hydrogens is 298 g/mol. The largest absolute Gasteiger partial charge is 0.381 e. The van der Waals surface area contributed by atoms with Crippen LogP contribution in [0.2, 0.25) is 0 Å².